The van der Waals surface area contributed by atoms with Gasteiger partial charge >= 0.3 is 0 Å². The summed E-state index contributed by atoms with van der Waals surface area (Å²) in [5.41, 5.74) is 12.5. The minimum atomic E-state index is -2.84. The highest BCUT2D eigenvalue weighted by Crippen LogP contribution is 2.43. The number of rotatable bonds is 12. The van der Waals surface area contributed by atoms with Crippen LogP contribution in [0.5, 0.6) is 0 Å². The molecule has 60 heavy (non-hydrogen) atoms. The van der Waals surface area contributed by atoms with Gasteiger partial charge < -0.3 is 9.13 Å². The van der Waals surface area contributed by atoms with Crippen molar-refractivity contribution < 1.29 is 4.57 Å². The first kappa shape index (κ1) is 38.5. The lowest BCUT2D eigenvalue weighted by Gasteiger charge is -2.17. The molecular formula is C56H45N2OP. The van der Waals surface area contributed by atoms with E-state index in [1.165, 1.54) is 38.5 Å². The first-order valence-electron chi connectivity index (χ1n) is 20.5. The standard InChI is InChI=1S/C56H45N2OP/c1-42-17-8-9-23-50(42)51-24-10-13-27-54(51)57-36-34-44-39-45(35-37-58-55-28-14-11-25-52(55)53-26-12-15-29-56(53)58)41-47(40-44)46-32-30-43(31-33-46)18-16-38-60(59,48-19-4-2-5-20-48)49-21-6-3-7-22-49/h2-33,35-37,39-41H,34,38H2,1H3/b18-16+,37-35+,57-36+. The van der Waals surface area contributed by atoms with Gasteiger partial charge in [-0.3, -0.25) is 4.99 Å². The summed E-state index contributed by atoms with van der Waals surface area (Å²) >= 11 is 0. The summed E-state index contributed by atoms with van der Waals surface area (Å²) < 4.78 is 16.8. The molecule has 0 aliphatic rings. The van der Waals surface area contributed by atoms with E-state index in [9.17, 15) is 4.57 Å². The van der Waals surface area contributed by atoms with Crippen LogP contribution in [0.3, 0.4) is 0 Å². The zero-order valence-electron chi connectivity index (χ0n) is 33.6. The predicted molar refractivity (Wildman–Crippen MR) is 259 cm³/mol. The van der Waals surface area contributed by atoms with Gasteiger partial charge in [-0.05, 0) is 76.2 Å². The van der Waals surface area contributed by atoms with Crippen LogP contribution in [-0.2, 0) is 11.0 Å². The monoisotopic (exact) mass is 792 g/mol. The fraction of sp³-hybridized carbons (Fsp3) is 0.0536. The van der Waals surface area contributed by atoms with Crippen LogP contribution in [0.1, 0.15) is 22.3 Å². The molecule has 1 aromatic heterocycles. The fourth-order valence-electron chi connectivity index (χ4n) is 8.13. The Bertz CT molecular complexity index is 2970. The van der Waals surface area contributed by atoms with E-state index in [2.05, 4.69) is 175 Å². The number of benzene rings is 8. The number of para-hydroxylation sites is 3. The lowest BCUT2D eigenvalue weighted by Crippen LogP contribution is -2.17. The van der Waals surface area contributed by atoms with Crippen LogP contribution in [-0.4, -0.2) is 16.9 Å². The molecule has 0 bridgehead atoms. The van der Waals surface area contributed by atoms with E-state index in [-0.39, 0.29) is 0 Å². The number of hydrogen-bond acceptors (Lipinski definition) is 2. The van der Waals surface area contributed by atoms with Crippen molar-refractivity contribution >= 4 is 69.8 Å². The van der Waals surface area contributed by atoms with Crippen molar-refractivity contribution in [3.05, 3.63) is 229 Å². The normalized spacial score (nSPS) is 12.1. The number of fused-ring (bicyclic) bond motifs is 3. The van der Waals surface area contributed by atoms with E-state index in [0.29, 0.717) is 12.6 Å². The molecule has 9 aromatic rings. The summed E-state index contributed by atoms with van der Waals surface area (Å²) in [5.74, 6) is 0. The molecule has 0 fully saturated rings. The van der Waals surface area contributed by atoms with Crippen LogP contribution in [0.15, 0.2) is 211 Å². The van der Waals surface area contributed by atoms with Crippen LogP contribution >= 0.6 is 7.14 Å². The number of aliphatic imine (C=N–C) groups is 1. The zero-order chi connectivity index (χ0) is 40.7. The van der Waals surface area contributed by atoms with E-state index >= 15 is 0 Å². The topological polar surface area (TPSA) is 34.4 Å². The molecule has 0 unspecified atom stereocenters. The molecule has 0 aliphatic heterocycles. The van der Waals surface area contributed by atoms with Crippen LogP contribution in [0, 0.1) is 6.92 Å². The Kier molecular flexibility index (Phi) is 11.2. The number of aromatic nitrogens is 1. The largest absolute Gasteiger partial charge is 0.316 e. The average molecular weight is 793 g/mol. The van der Waals surface area contributed by atoms with Crippen molar-refractivity contribution in [2.75, 3.05) is 6.16 Å². The highest BCUT2D eigenvalue weighted by molar-refractivity contribution is 7.78. The molecule has 0 aliphatic carbocycles. The first-order valence-corrected chi connectivity index (χ1v) is 22.4. The van der Waals surface area contributed by atoms with Crippen LogP contribution < -0.4 is 10.6 Å². The van der Waals surface area contributed by atoms with Gasteiger partial charge in [-0.1, -0.05) is 188 Å². The van der Waals surface area contributed by atoms with Gasteiger partial charge in [0.05, 0.1) is 16.7 Å². The van der Waals surface area contributed by atoms with Crippen molar-refractivity contribution in [3.63, 3.8) is 0 Å². The van der Waals surface area contributed by atoms with Gasteiger partial charge in [0.25, 0.3) is 0 Å². The molecule has 9 rings (SSSR count). The summed E-state index contributed by atoms with van der Waals surface area (Å²) in [6.07, 6.45) is 11.7. The number of nitrogens with zero attached hydrogens (tertiary/aromatic N) is 2. The first-order chi connectivity index (χ1) is 29.5. The molecule has 1 heterocycles. The van der Waals surface area contributed by atoms with Gasteiger partial charge in [0, 0.05) is 51.9 Å². The molecule has 290 valence electrons. The van der Waals surface area contributed by atoms with Crippen LogP contribution in [0.2, 0.25) is 0 Å². The lowest BCUT2D eigenvalue weighted by molar-refractivity contribution is 0.588. The molecule has 8 aromatic carbocycles. The molecule has 0 atom stereocenters. The third-order valence-corrected chi connectivity index (χ3v) is 14.2. The molecule has 3 nitrogen and oxygen atoms in total. The third kappa shape index (κ3) is 8.14. The Morgan fingerprint density at radius 3 is 1.78 bits per heavy atom. The molecule has 0 spiro atoms. The average Bonchev–Trinajstić information content (AvgIpc) is 3.63. The lowest BCUT2D eigenvalue weighted by atomic mass is 9.97. The molecule has 0 saturated carbocycles. The van der Waals surface area contributed by atoms with E-state index in [4.69, 9.17) is 4.99 Å². The number of hydrogen-bond donors (Lipinski definition) is 0. The van der Waals surface area contributed by atoms with E-state index in [1.807, 2.05) is 66.9 Å². The van der Waals surface area contributed by atoms with Crippen molar-refractivity contribution in [1.82, 2.24) is 4.57 Å². The van der Waals surface area contributed by atoms with Gasteiger partial charge in [0.1, 0.15) is 7.14 Å². The Hall–Kier alpha value is -7.06. The third-order valence-electron chi connectivity index (χ3n) is 11.2. The summed E-state index contributed by atoms with van der Waals surface area (Å²) in [4.78, 5) is 5.03. The molecule has 0 amide bonds. The van der Waals surface area contributed by atoms with Gasteiger partial charge in [-0.2, -0.15) is 0 Å². The second-order valence-electron chi connectivity index (χ2n) is 15.1. The summed E-state index contributed by atoms with van der Waals surface area (Å²) in [5, 5.41) is 4.23. The molecule has 0 saturated heterocycles. The van der Waals surface area contributed by atoms with Gasteiger partial charge in [0.2, 0.25) is 0 Å². The van der Waals surface area contributed by atoms with E-state index in [0.717, 1.165) is 44.1 Å². The summed E-state index contributed by atoms with van der Waals surface area (Å²) in [6.45, 7) is 2.15. The second kappa shape index (κ2) is 17.4. The SMILES string of the molecule is Cc1ccccc1-c1ccccc1/N=C/Cc1cc(/C=C/n2c3ccccc3c3ccccc32)cc(-c2ccc(/C=C/CP(=O)(c3ccccc3)c3ccccc3)cc2)c1. The molecule has 0 radical (unpaired) electrons. The zero-order valence-corrected chi connectivity index (χ0v) is 34.5. The summed E-state index contributed by atoms with van der Waals surface area (Å²) in [7, 11) is -2.84. The van der Waals surface area contributed by atoms with Crippen molar-refractivity contribution in [1.29, 1.82) is 0 Å². The highest BCUT2D eigenvalue weighted by Gasteiger charge is 2.25. The maximum absolute atomic E-state index is 14.6. The molecular weight excluding hydrogens is 748 g/mol. The van der Waals surface area contributed by atoms with Crippen molar-refractivity contribution in [2.45, 2.75) is 13.3 Å². The van der Waals surface area contributed by atoms with Gasteiger partial charge in [0.15, 0.2) is 0 Å². The Morgan fingerprint density at radius 1 is 0.533 bits per heavy atom. The Morgan fingerprint density at radius 2 is 1.12 bits per heavy atom. The predicted octanol–water partition coefficient (Wildman–Crippen LogP) is 14.0. The Balaban J connectivity index is 1.03. The fourth-order valence-corrected chi connectivity index (χ4v) is 10.6. The highest BCUT2D eigenvalue weighted by atomic mass is 31.2. The van der Waals surface area contributed by atoms with E-state index < -0.39 is 7.14 Å². The number of aryl methyl sites for hydroxylation is 1. The van der Waals surface area contributed by atoms with Crippen LogP contribution in [0.25, 0.3) is 62.4 Å². The molecule has 4 heteroatoms. The van der Waals surface area contributed by atoms with Gasteiger partial charge in [-0.25, -0.2) is 0 Å². The minimum Gasteiger partial charge on any atom is -0.316 e. The van der Waals surface area contributed by atoms with Gasteiger partial charge in [-0.15, -0.1) is 0 Å². The number of allylic oxidation sites excluding steroid dienone is 1. The maximum atomic E-state index is 14.6. The minimum absolute atomic E-state index is 0.448. The van der Waals surface area contributed by atoms with Crippen LogP contribution in [0.4, 0.5) is 5.69 Å². The Labute approximate surface area is 352 Å². The van der Waals surface area contributed by atoms with Crippen molar-refractivity contribution in [3.8, 4) is 22.3 Å². The maximum Gasteiger partial charge on any atom is 0.146 e. The molecule has 0 N–H and O–H groups in total. The second-order valence-corrected chi connectivity index (χ2v) is 18.0. The smallest absolute Gasteiger partial charge is 0.146 e. The van der Waals surface area contributed by atoms with Crippen molar-refractivity contribution in [2.24, 2.45) is 4.99 Å². The quantitative estimate of drug-likeness (QED) is 0.0896. The summed E-state index contributed by atoms with van der Waals surface area (Å²) in [6, 6.07) is 69.2. The van der Waals surface area contributed by atoms with E-state index in [1.54, 1.807) is 0 Å².